The number of alkyl halides is 2. The van der Waals surface area contributed by atoms with Crippen LogP contribution in [0.15, 0.2) is 23.1 Å². The highest BCUT2D eigenvalue weighted by Crippen LogP contribution is 2.21. The SMILES string of the molecule is CN(CC(F)F)S(=O)(=O)c1ccc(I)c(C(=O)O)c1. The van der Waals surface area contributed by atoms with Crippen molar-refractivity contribution in [1.29, 1.82) is 0 Å². The second kappa shape index (κ2) is 6.09. The predicted molar refractivity (Wildman–Crippen MR) is 71.9 cm³/mol. The highest BCUT2D eigenvalue weighted by Gasteiger charge is 2.25. The predicted octanol–water partition coefficient (Wildman–Crippen LogP) is 1.88. The van der Waals surface area contributed by atoms with E-state index in [1.807, 2.05) is 0 Å². The summed E-state index contributed by atoms with van der Waals surface area (Å²) in [5.74, 6) is -1.28. The third-order valence-electron chi connectivity index (χ3n) is 2.27. The third kappa shape index (κ3) is 3.83. The van der Waals surface area contributed by atoms with Gasteiger partial charge in [0.1, 0.15) is 0 Å². The van der Waals surface area contributed by atoms with Crippen molar-refractivity contribution in [3.63, 3.8) is 0 Å². The van der Waals surface area contributed by atoms with Gasteiger partial charge in [-0.3, -0.25) is 0 Å². The van der Waals surface area contributed by atoms with E-state index >= 15 is 0 Å². The number of hydrogen-bond acceptors (Lipinski definition) is 3. The maximum atomic E-state index is 12.2. The molecule has 0 heterocycles. The topological polar surface area (TPSA) is 74.7 Å². The molecule has 0 fully saturated rings. The maximum Gasteiger partial charge on any atom is 0.336 e. The van der Waals surface area contributed by atoms with Crippen molar-refractivity contribution in [3.8, 4) is 0 Å². The quantitative estimate of drug-likeness (QED) is 0.760. The van der Waals surface area contributed by atoms with Gasteiger partial charge in [0.05, 0.1) is 17.0 Å². The molecule has 1 N–H and O–H groups in total. The summed E-state index contributed by atoms with van der Waals surface area (Å²) < 4.78 is 49.2. The van der Waals surface area contributed by atoms with Crippen molar-refractivity contribution in [2.75, 3.05) is 13.6 Å². The van der Waals surface area contributed by atoms with Gasteiger partial charge in [0.25, 0.3) is 6.43 Å². The zero-order chi connectivity index (χ0) is 14.8. The van der Waals surface area contributed by atoms with Crippen LogP contribution in [0.5, 0.6) is 0 Å². The lowest BCUT2D eigenvalue weighted by atomic mass is 10.2. The van der Waals surface area contributed by atoms with Crippen LogP contribution >= 0.6 is 22.6 Å². The fourth-order valence-corrected chi connectivity index (χ4v) is 3.04. The number of nitrogens with zero attached hydrogens (tertiary/aromatic N) is 1. The second-order valence-corrected chi connectivity index (χ2v) is 6.83. The van der Waals surface area contributed by atoms with Gasteiger partial charge in [-0.2, -0.15) is 4.31 Å². The molecule has 5 nitrogen and oxygen atoms in total. The van der Waals surface area contributed by atoms with Crippen LogP contribution in [-0.2, 0) is 10.0 Å². The molecule has 0 radical (unpaired) electrons. The number of sulfonamides is 1. The monoisotopic (exact) mass is 405 g/mol. The summed E-state index contributed by atoms with van der Waals surface area (Å²) in [6.07, 6.45) is -2.80. The fraction of sp³-hybridized carbons (Fsp3) is 0.300. The van der Waals surface area contributed by atoms with Crippen LogP contribution in [-0.4, -0.2) is 43.8 Å². The highest BCUT2D eigenvalue weighted by atomic mass is 127. The average molecular weight is 405 g/mol. The number of halogens is 3. The highest BCUT2D eigenvalue weighted by molar-refractivity contribution is 14.1. The molecule has 1 aromatic rings. The lowest BCUT2D eigenvalue weighted by Gasteiger charge is -2.17. The summed E-state index contributed by atoms with van der Waals surface area (Å²) in [5, 5.41) is 8.91. The third-order valence-corrected chi connectivity index (χ3v) is 5.03. The lowest BCUT2D eigenvalue weighted by Crippen LogP contribution is -2.31. The fourth-order valence-electron chi connectivity index (χ4n) is 1.30. The largest absolute Gasteiger partial charge is 0.478 e. The van der Waals surface area contributed by atoms with Crippen LogP contribution in [0.3, 0.4) is 0 Å². The van der Waals surface area contributed by atoms with E-state index in [1.165, 1.54) is 12.1 Å². The minimum atomic E-state index is -4.12. The molecule has 0 saturated carbocycles. The van der Waals surface area contributed by atoms with Gasteiger partial charge in [-0.05, 0) is 40.8 Å². The molecule has 0 spiro atoms. The van der Waals surface area contributed by atoms with Crippen molar-refractivity contribution in [3.05, 3.63) is 27.3 Å². The van der Waals surface area contributed by atoms with Crippen LogP contribution < -0.4 is 0 Å². The maximum absolute atomic E-state index is 12.2. The molecule has 0 atom stereocenters. The molecular formula is C10H10F2INO4S. The van der Waals surface area contributed by atoms with Gasteiger partial charge in [0.2, 0.25) is 10.0 Å². The zero-order valence-corrected chi connectivity index (χ0v) is 12.7. The van der Waals surface area contributed by atoms with Crippen molar-refractivity contribution >= 4 is 38.6 Å². The standard InChI is InChI=1S/C10H10F2INO4S/c1-14(5-9(11)12)19(17,18)6-2-3-8(13)7(4-6)10(15)16/h2-4,9H,5H2,1H3,(H,15,16). The van der Waals surface area contributed by atoms with Gasteiger partial charge in [-0.15, -0.1) is 0 Å². The minimum Gasteiger partial charge on any atom is -0.478 e. The number of carbonyl (C=O) groups is 1. The number of carboxylic acid groups (broad SMARTS) is 1. The smallest absolute Gasteiger partial charge is 0.336 e. The molecule has 0 aliphatic heterocycles. The molecule has 0 bridgehead atoms. The average Bonchev–Trinajstić information content (AvgIpc) is 2.27. The van der Waals surface area contributed by atoms with Crippen molar-refractivity contribution < 1.29 is 27.1 Å². The van der Waals surface area contributed by atoms with Gasteiger partial charge in [-0.1, -0.05) is 0 Å². The Balaban J connectivity index is 3.22. The molecule has 19 heavy (non-hydrogen) atoms. The van der Waals surface area contributed by atoms with E-state index in [-0.39, 0.29) is 10.5 Å². The molecule has 9 heteroatoms. The van der Waals surface area contributed by atoms with Gasteiger partial charge in [0, 0.05) is 10.6 Å². The molecule has 1 aromatic carbocycles. The zero-order valence-electron chi connectivity index (χ0n) is 9.68. The van der Waals surface area contributed by atoms with E-state index < -0.39 is 29.0 Å². The normalized spacial score (nSPS) is 12.1. The first-order valence-corrected chi connectivity index (χ1v) is 7.45. The van der Waals surface area contributed by atoms with Crippen LogP contribution in [0, 0.1) is 3.57 Å². The van der Waals surface area contributed by atoms with Crippen LogP contribution in [0.1, 0.15) is 10.4 Å². The first-order chi connectivity index (χ1) is 8.66. The van der Waals surface area contributed by atoms with Crippen molar-refractivity contribution in [2.24, 2.45) is 0 Å². The Labute approximate surface area is 122 Å². The Kier molecular flexibility index (Phi) is 5.21. The summed E-state index contributed by atoms with van der Waals surface area (Å²) in [6.45, 7) is -0.948. The van der Waals surface area contributed by atoms with E-state index in [0.717, 1.165) is 13.1 Å². The lowest BCUT2D eigenvalue weighted by molar-refractivity contribution is 0.0695. The molecule has 0 aliphatic carbocycles. The van der Waals surface area contributed by atoms with Gasteiger partial charge < -0.3 is 5.11 Å². The Morgan fingerprint density at radius 3 is 2.53 bits per heavy atom. The number of carboxylic acids is 1. The molecule has 0 saturated heterocycles. The van der Waals surface area contributed by atoms with E-state index in [4.69, 9.17) is 5.11 Å². The van der Waals surface area contributed by atoms with Crippen molar-refractivity contribution in [1.82, 2.24) is 4.31 Å². The molecular weight excluding hydrogens is 395 g/mol. The van der Waals surface area contributed by atoms with Crippen LogP contribution in [0.4, 0.5) is 8.78 Å². The van der Waals surface area contributed by atoms with Crippen LogP contribution in [0.25, 0.3) is 0 Å². The molecule has 0 amide bonds. The number of benzene rings is 1. The Bertz CT molecular complexity index is 591. The molecule has 0 unspecified atom stereocenters. The molecule has 0 aromatic heterocycles. The Hall–Kier alpha value is -0.810. The number of aromatic carboxylic acids is 1. The first kappa shape index (κ1) is 16.2. The summed E-state index contributed by atoms with van der Waals surface area (Å²) >= 11 is 1.75. The first-order valence-electron chi connectivity index (χ1n) is 4.93. The molecule has 1 rings (SSSR count). The summed E-state index contributed by atoms with van der Waals surface area (Å²) in [5.41, 5.74) is -0.188. The Morgan fingerprint density at radius 2 is 2.05 bits per heavy atom. The van der Waals surface area contributed by atoms with E-state index in [2.05, 4.69) is 0 Å². The van der Waals surface area contributed by atoms with Crippen LogP contribution in [0.2, 0.25) is 0 Å². The molecule has 106 valence electrons. The summed E-state index contributed by atoms with van der Waals surface area (Å²) in [6, 6.07) is 3.46. The second-order valence-electron chi connectivity index (χ2n) is 3.62. The van der Waals surface area contributed by atoms with Crippen molar-refractivity contribution in [2.45, 2.75) is 11.3 Å². The number of hydrogen-bond donors (Lipinski definition) is 1. The Morgan fingerprint density at radius 1 is 1.47 bits per heavy atom. The van der Waals surface area contributed by atoms with Gasteiger partial charge in [0.15, 0.2) is 0 Å². The summed E-state index contributed by atoms with van der Waals surface area (Å²) in [4.78, 5) is 10.6. The molecule has 0 aliphatic rings. The van der Waals surface area contributed by atoms with E-state index in [1.54, 1.807) is 22.6 Å². The summed E-state index contributed by atoms with van der Waals surface area (Å²) in [7, 11) is -3.11. The van der Waals surface area contributed by atoms with Gasteiger partial charge in [-0.25, -0.2) is 22.0 Å². The van der Waals surface area contributed by atoms with E-state index in [0.29, 0.717) is 7.88 Å². The minimum absolute atomic E-state index is 0.188. The number of rotatable bonds is 5. The van der Waals surface area contributed by atoms with Gasteiger partial charge >= 0.3 is 5.97 Å². The van der Waals surface area contributed by atoms with E-state index in [9.17, 15) is 22.0 Å².